The maximum Gasteiger partial charge on any atom is 0.260 e. The summed E-state index contributed by atoms with van der Waals surface area (Å²) in [5, 5.41) is 4.30. The van der Waals surface area contributed by atoms with Crippen molar-refractivity contribution in [3.63, 3.8) is 0 Å². The Kier molecular flexibility index (Phi) is 5.94. The third-order valence-electron chi connectivity index (χ3n) is 3.03. The number of anilines is 1. The summed E-state index contributed by atoms with van der Waals surface area (Å²) in [5.41, 5.74) is 3.35. The zero-order valence-corrected chi connectivity index (χ0v) is 14.5. The Labute approximate surface area is 145 Å². The Hall–Kier alpha value is -2.38. The molecular formula is C16H16ClN3O3S. The fourth-order valence-electron chi connectivity index (χ4n) is 1.91. The molecule has 0 bridgehead atoms. The second-order valence-corrected chi connectivity index (χ2v) is 7.23. The lowest BCUT2D eigenvalue weighted by atomic mass is 10.2. The lowest BCUT2D eigenvalue weighted by Crippen LogP contribution is -2.38. The van der Waals surface area contributed by atoms with Crippen molar-refractivity contribution in [3.05, 3.63) is 65.2 Å². The van der Waals surface area contributed by atoms with Crippen molar-refractivity contribution in [2.75, 3.05) is 17.1 Å². The summed E-state index contributed by atoms with van der Waals surface area (Å²) in [6.45, 7) is -0.372. The van der Waals surface area contributed by atoms with Crippen LogP contribution in [0.3, 0.4) is 0 Å². The van der Waals surface area contributed by atoms with Gasteiger partial charge in [0.1, 0.15) is 6.54 Å². The molecule has 1 N–H and O–H groups in total. The van der Waals surface area contributed by atoms with Crippen LogP contribution in [0.2, 0.25) is 5.02 Å². The number of halogens is 1. The Morgan fingerprint density at radius 1 is 1.17 bits per heavy atom. The highest BCUT2D eigenvalue weighted by molar-refractivity contribution is 7.92. The molecule has 2 rings (SSSR count). The molecule has 0 aliphatic carbocycles. The molecule has 126 valence electrons. The van der Waals surface area contributed by atoms with Gasteiger partial charge in [0, 0.05) is 10.6 Å². The van der Waals surface area contributed by atoms with Gasteiger partial charge >= 0.3 is 0 Å². The summed E-state index contributed by atoms with van der Waals surface area (Å²) in [6, 6.07) is 15.4. The standard InChI is InChI=1S/C16H16ClN3O3S/c1-24(22,23)20(14-8-3-2-4-9-14)12-16(21)19-18-11-13-7-5-6-10-15(13)17/h2-11H,12H2,1H3,(H,19,21). The van der Waals surface area contributed by atoms with Gasteiger partial charge in [-0.2, -0.15) is 5.10 Å². The van der Waals surface area contributed by atoms with Gasteiger partial charge in [-0.15, -0.1) is 0 Å². The van der Waals surface area contributed by atoms with Crippen LogP contribution in [0.25, 0.3) is 0 Å². The molecule has 0 unspecified atom stereocenters. The number of nitrogens with zero attached hydrogens (tertiary/aromatic N) is 2. The first-order valence-electron chi connectivity index (χ1n) is 6.97. The van der Waals surface area contributed by atoms with Gasteiger partial charge in [0.2, 0.25) is 10.0 Å². The number of carbonyl (C=O) groups excluding carboxylic acids is 1. The molecule has 8 heteroatoms. The summed E-state index contributed by atoms with van der Waals surface area (Å²) in [6.07, 6.45) is 2.44. The van der Waals surface area contributed by atoms with Crippen molar-refractivity contribution in [3.8, 4) is 0 Å². The molecule has 6 nitrogen and oxygen atoms in total. The molecule has 1 amide bonds. The average molecular weight is 366 g/mol. The number of nitrogens with one attached hydrogen (secondary N) is 1. The number of hydrogen-bond acceptors (Lipinski definition) is 4. The molecule has 0 spiro atoms. The average Bonchev–Trinajstić information content (AvgIpc) is 2.54. The van der Waals surface area contributed by atoms with E-state index >= 15 is 0 Å². The number of amides is 1. The molecule has 0 radical (unpaired) electrons. The number of sulfonamides is 1. The smallest absolute Gasteiger partial charge is 0.260 e. The van der Waals surface area contributed by atoms with Crippen LogP contribution in [-0.2, 0) is 14.8 Å². The minimum absolute atomic E-state index is 0.372. The number of hydrazone groups is 1. The van der Waals surface area contributed by atoms with Gasteiger partial charge in [-0.3, -0.25) is 9.10 Å². The van der Waals surface area contributed by atoms with Crippen LogP contribution in [0.4, 0.5) is 5.69 Å². The van der Waals surface area contributed by atoms with E-state index in [9.17, 15) is 13.2 Å². The summed E-state index contributed by atoms with van der Waals surface area (Å²) in [5.74, 6) is -0.562. The first-order valence-corrected chi connectivity index (χ1v) is 9.20. The molecule has 24 heavy (non-hydrogen) atoms. The molecule has 0 heterocycles. The van der Waals surface area contributed by atoms with E-state index in [1.54, 1.807) is 54.6 Å². The van der Waals surface area contributed by atoms with Gasteiger partial charge in [-0.05, 0) is 18.2 Å². The first kappa shape index (κ1) is 18.0. The second-order valence-electron chi connectivity index (χ2n) is 4.92. The molecule has 0 fully saturated rings. The third kappa shape index (κ3) is 5.07. The summed E-state index contributed by atoms with van der Waals surface area (Å²) < 4.78 is 24.8. The summed E-state index contributed by atoms with van der Waals surface area (Å²) in [4.78, 5) is 12.0. The van der Waals surface area contributed by atoms with Gasteiger partial charge in [-0.1, -0.05) is 48.0 Å². The van der Waals surface area contributed by atoms with E-state index in [0.717, 1.165) is 10.6 Å². The predicted octanol–water partition coefficient (Wildman–Crippen LogP) is 2.26. The Morgan fingerprint density at radius 3 is 2.42 bits per heavy atom. The summed E-state index contributed by atoms with van der Waals surface area (Å²) >= 11 is 5.97. The normalized spacial score (nSPS) is 11.4. The van der Waals surface area contributed by atoms with Gasteiger partial charge < -0.3 is 0 Å². The zero-order chi connectivity index (χ0) is 17.6. The molecule has 0 aliphatic heterocycles. The Morgan fingerprint density at radius 2 is 1.79 bits per heavy atom. The van der Waals surface area contributed by atoms with Crippen molar-refractivity contribution in [1.82, 2.24) is 5.43 Å². The monoisotopic (exact) mass is 365 g/mol. The van der Waals surface area contributed by atoms with E-state index in [-0.39, 0.29) is 6.54 Å². The van der Waals surface area contributed by atoms with Crippen molar-refractivity contribution < 1.29 is 13.2 Å². The molecule has 2 aromatic rings. The number of rotatable bonds is 6. The third-order valence-corrected chi connectivity index (χ3v) is 4.51. The van der Waals surface area contributed by atoms with Gasteiger partial charge in [0.05, 0.1) is 18.2 Å². The van der Waals surface area contributed by atoms with Crippen LogP contribution in [-0.4, -0.2) is 33.3 Å². The zero-order valence-electron chi connectivity index (χ0n) is 12.9. The van der Waals surface area contributed by atoms with Crippen LogP contribution >= 0.6 is 11.6 Å². The maximum atomic E-state index is 12.0. The Balaban J connectivity index is 2.05. The van der Waals surface area contributed by atoms with Crippen LogP contribution < -0.4 is 9.73 Å². The lowest BCUT2D eigenvalue weighted by Gasteiger charge is -2.21. The number of hydrogen-bond donors (Lipinski definition) is 1. The SMILES string of the molecule is CS(=O)(=O)N(CC(=O)NN=Cc1ccccc1Cl)c1ccccc1. The molecule has 2 aromatic carbocycles. The fraction of sp³-hybridized carbons (Fsp3) is 0.125. The Bertz CT molecular complexity index is 839. The van der Waals surface area contributed by atoms with Crippen LogP contribution in [0.5, 0.6) is 0 Å². The van der Waals surface area contributed by atoms with Crippen LogP contribution in [0.1, 0.15) is 5.56 Å². The van der Waals surface area contributed by atoms with Crippen LogP contribution in [0, 0.1) is 0 Å². The van der Waals surface area contributed by atoms with E-state index in [2.05, 4.69) is 10.5 Å². The molecule has 0 saturated heterocycles. The second kappa shape index (κ2) is 7.94. The minimum Gasteiger partial charge on any atom is -0.271 e. The van der Waals surface area contributed by atoms with E-state index < -0.39 is 15.9 Å². The number of benzene rings is 2. The highest BCUT2D eigenvalue weighted by Gasteiger charge is 2.20. The minimum atomic E-state index is -3.60. The molecule has 0 aliphatic rings. The highest BCUT2D eigenvalue weighted by atomic mass is 35.5. The fourth-order valence-corrected chi connectivity index (χ4v) is 2.95. The van der Waals surface area contributed by atoms with E-state index in [4.69, 9.17) is 11.6 Å². The molecule has 0 atom stereocenters. The van der Waals surface area contributed by atoms with Crippen LogP contribution in [0.15, 0.2) is 59.7 Å². The van der Waals surface area contributed by atoms with Gasteiger partial charge in [0.15, 0.2) is 0 Å². The van der Waals surface area contributed by atoms with Gasteiger partial charge in [0.25, 0.3) is 5.91 Å². The van der Waals surface area contributed by atoms with E-state index in [1.807, 2.05) is 0 Å². The van der Waals surface area contributed by atoms with E-state index in [0.29, 0.717) is 16.3 Å². The molecule has 0 aromatic heterocycles. The predicted molar refractivity (Wildman–Crippen MR) is 95.8 cm³/mol. The van der Waals surface area contributed by atoms with Gasteiger partial charge in [-0.25, -0.2) is 13.8 Å². The number of carbonyl (C=O) groups is 1. The van der Waals surface area contributed by atoms with Crippen molar-refractivity contribution in [1.29, 1.82) is 0 Å². The first-order chi connectivity index (χ1) is 11.4. The van der Waals surface area contributed by atoms with Crippen molar-refractivity contribution >= 4 is 39.4 Å². The highest BCUT2D eigenvalue weighted by Crippen LogP contribution is 2.16. The van der Waals surface area contributed by atoms with E-state index in [1.165, 1.54) is 6.21 Å². The largest absolute Gasteiger partial charge is 0.271 e. The van der Waals surface area contributed by atoms with Crippen molar-refractivity contribution in [2.24, 2.45) is 5.10 Å². The lowest BCUT2D eigenvalue weighted by molar-refractivity contribution is -0.119. The topological polar surface area (TPSA) is 78.8 Å². The van der Waals surface area contributed by atoms with Crippen molar-refractivity contribution in [2.45, 2.75) is 0 Å². The summed E-state index contributed by atoms with van der Waals surface area (Å²) in [7, 11) is -3.60. The number of para-hydroxylation sites is 1. The maximum absolute atomic E-state index is 12.0. The molecule has 0 saturated carbocycles. The molecular weight excluding hydrogens is 350 g/mol. The quantitative estimate of drug-likeness (QED) is 0.630.